The van der Waals surface area contributed by atoms with Crippen LogP contribution in [0, 0.1) is 0 Å². The SMILES string of the molecule is COc1ccc(S(=O)(=O)N(CC(=O)NC(C)CC(C)(C)c2ccccc2)c2ccc(Cl)cc2)cc1. The number of anilines is 1. The van der Waals surface area contributed by atoms with E-state index in [1.165, 1.54) is 24.8 Å². The van der Waals surface area contributed by atoms with E-state index in [9.17, 15) is 13.2 Å². The molecule has 3 rings (SSSR count). The van der Waals surface area contributed by atoms with Gasteiger partial charge in [0.1, 0.15) is 12.3 Å². The zero-order valence-corrected chi connectivity index (χ0v) is 21.9. The molecule has 3 aromatic rings. The van der Waals surface area contributed by atoms with Crippen molar-refractivity contribution in [3.63, 3.8) is 0 Å². The molecule has 0 aliphatic carbocycles. The molecule has 0 aromatic heterocycles. The predicted molar refractivity (Wildman–Crippen MR) is 141 cm³/mol. The van der Waals surface area contributed by atoms with Crippen LogP contribution in [0.1, 0.15) is 32.8 Å². The lowest BCUT2D eigenvalue weighted by molar-refractivity contribution is -0.120. The fourth-order valence-electron chi connectivity index (χ4n) is 4.07. The Hall–Kier alpha value is -3.03. The van der Waals surface area contributed by atoms with Crippen molar-refractivity contribution in [3.8, 4) is 5.75 Å². The average molecular weight is 515 g/mol. The number of hydrogen-bond acceptors (Lipinski definition) is 4. The summed E-state index contributed by atoms with van der Waals surface area (Å²) >= 11 is 6.01. The van der Waals surface area contributed by atoms with Crippen molar-refractivity contribution in [3.05, 3.63) is 89.4 Å². The molecule has 0 fully saturated rings. The number of carbonyl (C=O) groups excluding carboxylic acids is 1. The minimum absolute atomic E-state index is 0.0549. The number of halogens is 1. The van der Waals surface area contributed by atoms with Gasteiger partial charge in [0.15, 0.2) is 0 Å². The van der Waals surface area contributed by atoms with Crippen LogP contribution in [0.3, 0.4) is 0 Å². The summed E-state index contributed by atoms with van der Waals surface area (Å²) in [4.78, 5) is 13.1. The van der Waals surface area contributed by atoms with Crippen LogP contribution in [0.2, 0.25) is 5.02 Å². The Morgan fingerprint density at radius 1 is 1.00 bits per heavy atom. The van der Waals surface area contributed by atoms with E-state index < -0.39 is 15.9 Å². The summed E-state index contributed by atoms with van der Waals surface area (Å²) in [5.41, 5.74) is 1.35. The third kappa shape index (κ3) is 6.77. The predicted octanol–water partition coefficient (Wildman–Crippen LogP) is 5.42. The average Bonchev–Trinajstić information content (AvgIpc) is 2.83. The molecule has 0 saturated heterocycles. The van der Waals surface area contributed by atoms with Gasteiger partial charge in [0, 0.05) is 11.1 Å². The molecule has 0 spiro atoms. The van der Waals surface area contributed by atoms with Gasteiger partial charge >= 0.3 is 0 Å². The van der Waals surface area contributed by atoms with E-state index in [1.807, 2.05) is 25.1 Å². The first kappa shape index (κ1) is 26.6. The lowest BCUT2D eigenvalue weighted by Gasteiger charge is -2.30. The Morgan fingerprint density at radius 2 is 1.60 bits per heavy atom. The molecule has 0 aliphatic heterocycles. The molecule has 6 nitrogen and oxygen atoms in total. The molecular weight excluding hydrogens is 484 g/mol. The smallest absolute Gasteiger partial charge is 0.264 e. The summed E-state index contributed by atoms with van der Waals surface area (Å²) in [7, 11) is -2.52. The van der Waals surface area contributed by atoms with Crippen LogP contribution in [0.5, 0.6) is 5.75 Å². The Kier molecular flexibility index (Phi) is 8.46. The van der Waals surface area contributed by atoms with Gasteiger partial charge in [0.05, 0.1) is 17.7 Å². The second kappa shape index (κ2) is 11.1. The highest BCUT2D eigenvalue weighted by molar-refractivity contribution is 7.92. The third-order valence-corrected chi connectivity index (χ3v) is 7.87. The molecule has 0 bridgehead atoms. The first-order chi connectivity index (χ1) is 16.5. The maximum atomic E-state index is 13.5. The summed E-state index contributed by atoms with van der Waals surface area (Å²) < 4.78 is 33.3. The highest BCUT2D eigenvalue weighted by atomic mass is 35.5. The molecule has 1 atom stereocenters. The minimum atomic E-state index is -4.03. The summed E-state index contributed by atoms with van der Waals surface area (Å²) in [6.07, 6.45) is 0.689. The van der Waals surface area contributed by atoms with Crippen LogP contribution < -0.4 is 14.4 Å². The molecule has 1 amide bonds. The standard InChI is InChI=1S/C27H31ClN2O4S/c1-20(18-27(2,3)21-8-6-5-7-9-21)29-26(31)19-30(23-12-10-22(28)11-13-23)35(32,33)25-16-14-24(34-4)15-17-25/h5-17,20H,18-19H2,1-4H3,(H,29,31). The molecule has 0 radical (unpaired) electrons. The summed E-state index contributed by atoms with van der Waals surface area (Å²) in [6.45, 7) is 5.80. The van der Waals surface area contributed by atoms with Gasteiger partial charge in [-0.1, -0.05) is 55.8 Å². The van der Waals surface area contributed by atoms with E-state index in [2.05, 4.69) is 31.3 Å². The number of carbonyl (C=O) groups is 1. The van der Waals surface area contributed by atoms with Gasteiger partial charge in [-0.2, -0.15) is 0 Å². The van der Waals surface area contributed by atoms with Gasteiger partial charge < -0.3 is 10.1 Å². The van der Waals surface area contributed by atoms with Crippen LogP contribution in [-0.4, -0.2) is 34.0 Å². The third-order valence-electron chi connectivity index (χ3n) is 5.83. The maximum Gasteiger partial charge on any atom is 0.264 e. The lowest BCUT2D eigenvalue weighted by Crippen LogP contribution is -2.45. The molecule has 0 heterocycles. The van der Waals surface area contributed by atoms with E-state index in [0.717, 1.165) is 4.31 Å². The Morgan fingerprint density at radius 3 is 2.17 bits per heavy atom. The van der Waals surface area contributed by atoms with Crippen molar-refractivity contribution in [1.82, 2.24) is 5.32 Å². The van der Waals surface area contributed by atoms with Crippen molar-refractivity contribution in [2.75, 3.05) is 18.0 Å². The van der Waals surface area contributed by atoms with Gasteiger partial charge in [-0.25, -0.2) is 8.42 Å². The molecule has 35 heavy (non-hydrogen) atoms. The van der Waals surface area contributed by atoms with Crippen molar-refractivity contribution in [1.29, 1.82) is 0 Å². The first-order valence-corrected chi connectivity index (χ1v) is 13.1. The second-order valence-electron chi connectivity index (χ2n) is 9.09. The summed E-state index contributed by atoms with van der Waals surface area (Å²) in [5.74, 6) is 0.142. The number of nitrogens with zero attached hydrogens (tertiary/aromatic N) is 1. The zero-order chi connectivity index (χ0) is 25.6. The molecule has 0 aliphatic rings. The number of hydrogen-bond donors (Lipinski definition) is 1. The van der Waals surface area contributed by atoms with Gasteiger partial charge in [-0.05, 0) is 72.9 Å². The second-order valence-corrected chi connectivity index (χ2v) is 11.4. The van der Waals surface area contributed by atoms with E-state index in [1.54, 1.807) is 36.4 Å². The molecule has 1 unspecified atom stereocenters. The van der Waals surface area contributed by atoms with Gasteiger partial charge in [-0.15, -0.1) is 0 Å². The Balaban J connectivity index is 1.80. The van der Waals surface area contributed by atoms with E-state index in [-0.39, 0.29) is 22.9 Å². The molecule has 8 heteroatoms. The Labute approximate surface area is 212 Å². The van der Waals surface area contributed by atoms with Crippen LogP contribution in [0.4, 0.5) is 5.69 Å². The lowest BCUT2D eigenvalue weighted by atomic mass is 9.79. The number of benzene rings is 3. The first-order valence-electron chi connectivity index (χ1n) is 11.3. The topological polar surface area (TPSA) is 75.7 Å². The van der Waals surface area contributed by atoms with E-state index in [4.69, 9.17) is 16.3 Å². The minimum Gasteiger partial charge on any atom is -0.497 e. The largest absolute Gasteiger partial charge is 0.497 e. The molecule has 186 valence electrons. The number of amides is 1. The zero-order valence-electron chi connectivity index (χ0n) is 20.4. The van der Waals surface area contributed by atoms with Crippen molar-refractivity contribution >= 4 is 33.2 Å². The Bertz CT molecular complexity index is 1230. The van der Waals surface area contributed by atoms with E-state index >= 15 is 0 Å². The fourth-order valence-corrected chi connectivity index (χ4v) is 5.62. The van der Waals surface area contributed by atoms with Gasteiger partial charge in [0.2, 0.25) is 5.91 Å². The van der Waals surface area contributed by atoms with Crippen LogP contribution >= 0.6 is 11.6 Å². The van der Waals surface area contributed by atoms with Crippen molar-refractivity contribution in [2.24, 2.45) is 0 Å². The monoisotopic (exact) mass is 514 g/mol. The number of rotatable bonds is 10. The number of sulfonamides is 1. The number of ether oxygens (including phenoxy) is 1. The molecule has 3 aromatic carbocycles. The number of nitrogens with one attached hydrogen (secondary N) is 1. The molecule has 1 N–H and O–H groups in total. The summed E-state index contributed by atoms with van der Waals surface area (Å²) in [6, 6.07) is 22.3. The van der Waals surface area contributed by atoms with E-state index in [0.29, 0.717) is 22.9 Å². The highest BCUT2D eigenvalue weighted by Gasteiger charge is 2.29. The molecule has 0 saturated carbocycles. The van der Waals surface area contributed by atoms with Gasteiger partial charge in [0.25, 0.3) is 10.0 Å². The van der Waals surface area contributed by atoms with Crippen molar-refractivity contribution < 1.29 is 17.9 Å². The van der Waals surface area contributed by atoms with Crippen molar-refractivity contribution in [2.45, 2.75) is 43.5 Å². The van der Waals surface area contributed by atoms with Gasteiger partial charge in [-0.3, -0.25) is 9.10 Å². The van der Waals surface area contributed by atoms with Crippen LogP contribution in [-0.2, 0) is 20.2 Å². The highest BCUT2D eigenvalue weighted by Crippen LogP contribution is 2.29. The van der Waals surface area contributed by atoms with Crippen LogP contribution in [0.25, 0.3) is 0 Å². The summed E-state index contributed by atoms with van der Waals surface area (Å²) in [5, 5.41) is 3.44. The van der Waals surface area contributed by atoms with Crippen LogP contribution in [0.15, 0.2) is 83.8 Å². The fraction of sp³-hybridized carbons (Fsp3) is 0.296. The number of methoxy groups -OCH3 is 1. The maximum absolute atomic E-state index is 13.5. The normalized spacial score (nSPS) is 12.6. The molecular formula is C27H31ClN2O4S. The quantitative estimate of drug-likeness (QED) is 0.392.